The molecule has 0 aliphatic carbocycles. The Morgan fingerprint density at radius 1 is 1.26 bits per heavy atom. The largest absolute Gasteiger partial charge is 0.271 e. The van der Waals surface area contributed by atoms with Gasteiger partial charge in [-0.05, 0) is 41.1 Å². The van der Waals surface area contributed by atoms with E-state index in [1.807, 2.05) is 6.20 Å². The number of nitrogens with zero attached hydrogens (tertiary/aromatic N) is 2. The van der Waals surface area contributed by atoms with E-state index in [0.29, 0.717) is 5.92 Å². The van der Waals surface area contributed by atoms with Crippen LogP contribution in [0.25, 0.3) is 0 Å². The first-order chi connectivity index (χ1) is 9.19. The van der Waals surface area contributed by atoms with Crippen LogP contribution >= 0.6 is 15.9 Å². The second kappa shape index (κ2) is 8.72. The molecule has 1 heterocycles. The lowest BCUT2D eigenvalue weighted by molar-refractivity contribution is 0.302. The Bertz CT molecular complexity index is 358. The average Bonchev–Trinajstić information content (AvgIpc) is 2.74. The van der Waals surface area contributed by atoms with Crippen molar-refractivity contribution < 1.29 is 0 Å². The van der Waals surface area contributed by atoms with Gasteiger partial charge in [0.25, 0.3) is 0 Å². The predicted octanol–water partition coefficient (Wildman–Crippen LogP) is 3.78. The van der Waals surface area contributed by atoms with Gasteiger partial charge < -0.3 is 0 Å². The number of hydrogen-bond donors (Lipinski definition) is 2. The molecule has 19 heavy (non-hydrogen) atoms. The minimum absolute atomic E-state index is 0.170. The molecule has 1 atom stereocenters. The topological polar surface area (TPSA) is 55.9 Å². The summed E-state index contributed by atoms with van der Waals surface area (Å²) in [6, 6.07) is 0.170. The minimum atomic E-state index is 0.170. The van der Waals surface area contributed by atoms with Crippen molar-refractivity contribution in [1.82, 2.24) is 15.2 Å². The van der Waals surface area contributed by atoms with Crippen molar-refractivity contribution in [2.75, 3.05) is 0 Å². The molecule has 110 valence electrons. The third-order valence-corrected chi connectivity index (χ3v) is 4.14. The summed E-state index contributed by atoms with van der Waals surface area (Å²) in [5.74, 6) is 6.41. The molecule has 0 saturated heterocycles. The van der Waals surface area contributed by atoms with Gasteiger partial charge in [0, 0.05) is 6.54 Å². The average molecular weight is 331 g/mol. The van der Waals surface area contributed by atoms with Gasteiger partial charge in [0.15, 0.2) is 0 Å². The van der Waals surface area contributed by atoms with Crippen LogP contribution < -0.4 is 11.3 Å². The first kappa shape index (κ1) is 16.7. The third-order valence-electron chi connectivity index (χ3n) is 3.53. The summed E-state index contributed by atoms with van der Waals surface area (Å²) in [7, 11) is 0. The number of nitrogens with two attached hydrogens (primary N) is 1. The highest BCUT2D eigenvalue weighted by molar-refractivity contribution is 9.10. The lowest BCUT2D eigenvalue weighted by atomic mass is 9.89. The van der Waals surface area contributed by atoms with Crippen molar-refractivity contribution in [3.8, 4) is 0 Å². The summed E-state index contributed by atoms with van der Waals surface area (Å²) in [5, 5.41) is 4.45. The fourth-order valence-corrected chi connectivity index (χ4v) is 3.27. The summed E-state index contributed by atoms with van der Waals surface area (Å²) >= 11 is 3.62. The zero-order valence-corrected chi connectivity index (χ0v) is 13.9. The highest BCUT2D eigenvalue weighted by atomic mass is 79.9. The van der Waals surface area contributed by atoms with Gasteiger partial charge in [-0.25, -0.2) is 0 Å². The summed E-state index contributed by atoms with van der Waals surface area (Å²) in [6.45, 7) is 7.56. The molecule has 5 heteroatoms. The van der Waals surface area contributed by atoms with Crippen molar-refractivity contribution in [2.24, 2.45) is 11.8 Å². The molecular formula is C14H27BrN4. The van der Waals surface area contributed by atoms with Gasteiger partial charge in [0.1, 0.15) is 0 Å². The van der Waals surface area contributed by atoms with E-state index in [9.17, 15) is 0 Å². The van der Waals surface area contributed by atoms with Crippen LogP contribution in [0.3, 0.4) is 0 Å². The highest BCUT2D eigenvalue weighted by Crippen LogP contribution is 2.33. The van der Waals surface area contributed by atoms with Crippen LogP contribution in [0, 0.1) is 5.92 Å². The zero-order chi connectivity index (χ0) is 14.3. The molecule has 0 radical (unpaired) electrons. The lowest BCUT2D eigenvalue weighted by Crippen LogP contribution is -2.35. The first-order valence-corrected chi connectivity index (χ1v) is 8.16. The lowest BCUT2D eigenvalue weighted by Gasteiger charge is -2.27. The Morgan fingerprint density at radius 3 is 2.37 bits per heavy atom. The van der Waals surface area contributed by atoms with Crippen LogP contribution in [0.15, 0.2) is 10.7 Å². The summed E-state index contributed by atoms with van der Waals surface area (Å²) in [4.78, 5) is 0. The molecule has 0 fully saturated rings. The van der Waals surface area contributed by atoms with Crippen molar-refractivity contribution >= 4 is 15.9 Å². The molecule has 1 rings (SSSR count). The van der Waals surface area contributed by atoms with Gasteiger partial charge in [-0.2, -0.15) is 5.10 Å². The summed E-state index contributed by atoms with van der Waals surface area (Å²) in [5.41, 5.74) is 4.21. The molecule has 0 spiro atoms. The Kier molecular flexibility index (Phi) is 7.64. The maximum Gasteiger partial charge on any atom is 0.0712 e. The quantitative estimate of drug-likeness (QED) is 0.535. The van der Waals surface area contributed by atoms with E-state index in [-0.39, 0.29) is 6.04 Å². The number of hydrazine groups is 1. The Labute approximate surface area is 125 Å². The molecule has 0 aliphatic heterocycles. The van der Waals surface area contributed by atoms with E-state index in [0.717, 1.165) is 17.4 Å². The molecule has 0 aliphatic rings. The van der Waals surface area contributed by atoms with Gasteiger partial charge in [-0.15, -0.1) is 0 Å². The SMILES string of the molecule is CCCC(CCC)C(NN)c1c(Br)cnn1CCC. The van der Waals surface area contributed by atoms with Crippen LogP contribution in [0.1, 0.15) is 64.6 Å². The normalized spacial score (nSPS) is 13.2. The molecule has 0 aromatic carbocycles. The molecule has 1 unspecified atom stereocenters. The number of aromatic nitrogens is 2. The number of hydrogen-bond acceptors (Lipinski definition) is 3. The van der Waals surface area contributed by atoms with Gasteiger partial charge in [-0.1, -0.05) is 33.6 Å². The zero-order valence-electron chi connectivity index (χ0n) is 12.3. The van der Waals surface area contributed by atoms with E-state index < -0.39 is 0 Å². The minimum Gasteiger partial charge on any atom is -0.271 e. The van der Waals surface area contributed by atoms with Crippen LogP contribution in [0.2, 0.25) is 0 Å². The van der Waals surface area contributed by atoms with E-state index in [4.69, 9.17) is 5.84 Å². The van der Waals surface area contributed by atoms with E-state index in [1.54, 1.807) is 0 Å². The van der Waals surface area contributed by atoms with Gasteiger partial charge in [-0.3, -0.25) is 16.0 Å². The van der Waals surface area contributed by atoms with Crippen LogP contribution in [0.4, 0.5) is 0 Å². The molecule has 0 bridgehead atoms. The maximum absolute atomic E-state index is 5.85. The number of aryl methyl sites for hydroxylation is 1. The van der Waals surface area contributed by atoms with Crippen molar-refractivity contribution in [2.45, 2.75) is 65.5 Å². The van der Waals surface area contributed by atoms with Gasteiger partial charge in [0.2, 0.25) is 0 Å². The second-order valence-electron chi connectivity index (χ2n) is 5.08. The monoisotopic (exact) mass is 330 g/mol. The summed E-state index contributed by atoms with van der Waals surface area (Å²) in [6.07, 6.45) is 7.69. The first-order valence-electron chi connectivity index (χ1n) is 7.36. The fourth-order valence-electron chi connectivity index (χ4n) is 2.73. The second-order valence-corrected chi connectivity index (χ2v) is 5.94. The van der Waals surface area contributed by atoms with Gasteiger partial charge >= 0.3 is 0 Å². The molecule has 0 saturated carbocycles. The molecule has 1 aromatic heterocycles. The summed E-state index contributed by atoms with van der Waals surface area (Å²) < 4.78 is 3.13. The number of halogens is 1. The van der Waals surface area contributed by atoms with Crippen molar-refractivity contribution in [3.05, 3.63) is 16.4 Å². The van der Waals surface area contributed by atoms with E-state index in [2.05, 4.69) is 51.9 Å². The fraction of sp³-hybridized carbons (Fsp3) is 0.786. The van der Waals surface area contributed by atoms with Crippen LogP contribution in [-0.2, 0) is 6.54 Å². The number of nitrogens with one attached hydrogen (secondary N) is 1. The molecule has 0 amide bonds. The number of rotatable bonds is 9. The molecular weight excluding hydrogens is 304 g/mol. The Hall–Kier alpha value is -0.390. The highest BCUT2D eigenvalue weighted by Gasteiger charge is 2.26. The van der Waals surface area contributed by atoms with E-state index >= 15 is 0 Å². The van der Waals surface area contributed by atoms with Crippen molar-refractivity contribution in [1.29, 1.82) is 0 Å². The molecule has 3 N–H and O–H groups in total. The molecule has 4 nitrogen and oxygen atoms in total. The van der Waals surface area contributed by atoms with Crippen LogP contribution in [0.5, 0.6) is 0 Å². The maximum atomic E-state index is 5.85. The standard InChI is InChI=1S/C14H27BrN4/c1-4-7-11(8-5-2)13(18-16)14-12(15)10-17-19(14)9-6-3/h10-11,13,18H,4-9,16H2,1-3H3. The smallest absolute Gasteiger partial charge is 0.0712 e. The van der Waals surface area contributed by atoms with E-state index in [1.165, 1.54) is 31.4 Å². The third kappa shape index (κ3) is 4.29. The predicted molar refractivity (Wildman–Crippen MR) is 83.6 cm³/mol. The van der Waals surface area contributed by atoms with Crippen LogP contribution in [-0.4, -0.2) is 9.78 Å². The Balaban J connectivity index is 3.02. The van der Waals surface area contributed by atoms with Gasteiger partial charge in [0.05, 0.1) is 22.4 Å². The van der Waals surface area contributed by atoms with Crippen molar-refractivity contribution in [3.63, 3.8) is 0 Å². The molecule has 1 aromatic rings. The Morgan fingerprint density at radius 2 is 1.89 bits per heavy atom.